The zero-order chi connectivity index (χ0) is 17.1. The number of hydrogen-bond acceptors (Lipinski definition) is 4. The fraction of sp³-hybridized carbons (Fsp3) is 0.500. The van der Waals surface area contributed by atoms with Gasteiger partial charge in [0.2, 0.25) is 0 Å². The number of aliphatic hydroxyl groups excluding tert-OH is 1. The highest BCUT2D eigenvalue weighted by Gasteiger charge is 2.14. The largest absolute Gasteiger partial charge is 0.481 e. The summed E-state index contributed by atoms with van der Waals surface area (Å²) in [5.74, 6) is -1.30. The molecule has 0 bridgehead atoms. The molecule has 0 spiro atoms. The fourth-order valence-electron chi connectivity index (χ4n) is 1.95. The summed E-state index contributed by atoms with van der Waals surface area (Å²) in [7, 11) is 0. The van der Waals surface area contributed by atoms with Crippen LogP contribution in [0.25, 0.3) is 0 Å². The van der Waals surface area contributed by atoms with E-state index in [9.17, 15) is 9.59 Å². The van der Waals surface area contributed by atoms with Gasteiger partial charge in [-0.2, -0.15) is 0 Å². The van der Waals surface area contributed by atoms with E-state index in [0.717, 1.165) is 6.42 Å². The molecule has 0 aliphatic heterocycles. The topological polar surface area (TPSA) is 121 Å². The first-order chi connectivity index (χ1) is 10.3. The number of aliphatic hydroxyl groups is 1. The Morgan fingerprint density at radius 3 is 2.05 bits per heavy atom. The first-order valence-electron chi connectivity index (χ1n) is 7.15. The summed E-state index contributed by atoms with van der Waals surface area (Å²) in [4.78, 5) is 20.5. The lowest BCUT2D eigenvalue weighted by Crippen LogP contribution is -2.19. The molecule has 1 rings (SSSR count). The van der Waals surface area contributed by atoms with Gasteiger partial charge >= 0.3 is 11.9 Å². The van der Waals surface area contributed by atoms with Crippen molar-refractivity contribution in [1.82, 2.24) is 0 Å². The van der Waals surface area contributed by atoms with Gasteiger partial charge in [0.05, 0.1) is 0 Å². The molecule has 0 radical (unpaired) electrons. The molecule has 0 aromatic heterocycles. The van der Waals surface area contributed by atoms with Crippen molar-refractivity contribution in [3.05, 3.63) is 35.9 Å². The maximum Gasteiger partial charge on any atom is 0.337 e. The highest BCUT2D eigenvalue weighted by atomic mass is 16.4. The Bertz CT molecular complexity index is 447. The van der Waals surface area contributed by atoms with Crippen molar-refractivity contribution in [2.75, 3.05) is 6.54 Å². The fourth-order valence-corrected chi connectivity index (χ4v) is 1.95. The molecular weight excluding hydrogens is 286 g/mol. The van der Waals surface area contributed by atoms with Crippen molar-refractivity contribution in [3.8, 4) is 0 Å². The average Bonchev–Trinajstić information content (AvgIpc) is 2.46. The summed E-state index contributed by atoms with van der Waals surface area (Å²) < 4.78 is 0. The molecule has 0 aliphatic carbocycles. The van der Waals surface area contributed by atoms with Crippen molar-refractivity contribution in [2.45, 2.75) is 32.8 Å². The van der Waals surface area contributed by atoms with Crippen LogP contribution in [-0.4, -0.2) is 33.8 Å². The Kier molecular flexibility index (Phi) is 9.82. The smallest absolute Gasteiger partial charge is 0.337 e. The average molecular weight is 311 g/mol. The minimum atomic E-state index is -1.41. The highest BCUT2D eigenvalue weighted by Crippen LogP contribution is 2.13. The third kappa shape index (κ3) is 9.10. The van der Waals surface area contributed by atoms with Gasteiger partial charge in [0, 0.05) is 6.42 Å². The van der Waals surface area contributed by atoms with Crippen LogP contribution in [0.1, 0.15) is 38.4 Å². The van der Waals surface area contributed by atoms with E-state index < -0.39 is 18.0 Å². The molecule has 1 aromatic carbocycles. The molecule has 0 aliphatic rings. The molecule has 0 amide bonds. The lowest BCUT2D eigenvalue weighted by molar-refractivity contribution is -0.147. The third-order valence-corrected chi connectivity index (χ3v) is 2.95. The summed E-state index contributed by atoms with van der Waals surface area (Å²) in [6.07, 6.45) is -0.298. The van der Waals surface area contributed by atoms with Gasteiger partial charge in [-0.1, -0.05) is 44.2 Å². The first kappa shape index (κ1) is 20.1. The lowest BCUT2D eigenvalue weighted by Gasteiger charge is -2.13. The number of rotatable bonds is 7. The van der Waals surface area contributed by atoms with E-state index >= 15 is 0 Å². The van der Waals surface area contributed by atoms with Crippen LogP contribution in [0.2, 0.25) is 0 Å². The minimum Gasteiger partial charge on any atom is -0.481 e. The number of carboxylic acid groups (broad SMARTS) is 2. The number of carboxylic acids is 2. The second-order valence-corrected chi connectivity index (χ2v) is 5.48. The van der Waals surface area contributed by atoms with Gasteiger partial charge in [-0.25, -0.2) is 4.79 Å². The Balaban J connectivity index is 0.000000401. The SMILES string of the molecule is CC(C)C[C@@H](CN)CC(=O)O.O=C(O)[C@H](O)c1ccccc1. The monoisotopic (exact) mass is 311 g/mol. The van der Waals surface area contributed by atoms with Gasteiger partial charge in [-0.15, -0.1) is 0 Å². The lowest BCUT2D eigenvalue weighted by atomic mass is 9.94. The van der Waals surface area contributed by atoms with Crippen LogP contribution in [0.3, 0.4) is 0 Å². The maximum atomic E-state index is 10.3. The summed E-state index contributed by atoms with van der Waals surface area (Å²) in [5, 5.41) is 25.9. The molecule has 0 fully saturated rings. The summed E-state index contributed by atoms with van der Waals surface area (Å²) in [5.41, 5.74) is 5.81. The summed E-state index contributed by atoms with van der Waals surface area (Å²) in [6.45, 7) is 4.62. The van der Waals surface area contributed by atoms with Crippen LogP contribution in [0, 0.1) is 11.8 Å². The molecule has 0 saturated heterocycles. The molecule has 0 heterocycles. The van der Waals surface area contributed by atoms with Gasteiger partial charge in [0.25, 0.3) is 0 Å². The highest BCUT2D eigenvalue weighted by molar-refractivity contribution is 5.73. The zero-order valence-corrected chi connectivity index (χ0v) is 13.0. The molecule has 0 saturated carbocycles. The van der Waals surface area contributed by atoms with E-state index in [0.29, 0.717) is 18.0 Å². The van der Waals surface area contributed by atoms with E-state index in [4.69, 9.17) is 21.1 Å². The normalized spacial score (nSPS) is 13.0. The van der Waals surface area contributed by atoms with Crippen molar-refractivity contribution in [3.63, 3.8) is 0 Å². The van der Waals surface area contributed by atoms with Crippen LogP contribution in [0.15, 0.2) is 30.3 Å². The molecule has 1 aromatic rings. The predicted molar refractivity (Wildman–Crippen MR) is 83.3 cm³/mol. The first-order valence-corrected chi connectivity index (χ1v) is 7.15. The Hall–Kier alpha value is -1.92. The van der Waals surface area contributed by atoms with Gasteiger partial charge in [0.15, 0.2) is 6.10 Å². The minimum absolute atomic E-state index is 0.146. The van der Waals surface area contributed by atoms with Crippen LogP contribution in [0.5, 0.6) is 0 Å². The second kappa shape index (κ2) is 10.8. The number of carbonyl (C=O) groups is 2. The molecule has 22 heavy (non-hydrogen) atoms. The van der Waals surface area contributed by atoms with E-state index in [1.165, 1.54) is 0 Å². The van der Waals surface area contributed by atoms with E-state index in [1.807, 2.05) is 0 Å². The molecular formula is C16H25NO5. The number of aliphatic carboxylic acids is 2. The van der Waals surface area contributed by atoms with Crippen LogP contribution in [-0.2, 0) is 9.59 Å². The van der Waals surface area contributed by atoms with Crippen molar-refractivity contribution < 1.29 is 24.9 Å². The summed E-state index contributed by atoms with van der Waals surface area (Å²) >= 11 is 0. The Morgan fingerprint density at radius 1 is 1.14 bits per heavy atom. The van der Waals surface area contributed by atoms with Gasteiger partial charge in [0.1, 0.15) is 0 Å². The summed E-state index contributed by atoms with van der Waals surface area (Å²) in [6, 6.07) is 8.26. The number of hydrogen-bond donors (Lipinski definition) is 4. The van der Waals surface area contributed by atoms with Crippen molar-refractivity contribution in [1.29, 1.82) is 0 Å². The molecule has 5 N–H and O–H groups in total. The molecule has 6 heteroatoms. The van der Waals surface area contributed by atoms with Gasteiger partial charge in [-0.05, 0) is 30.4 Å². The number of nitrogens with two attached hydrogens (primary N) is 1. The van der Waals surface area contributed by atoms with Gasteiger partial charge in [-0.3, -0.25) is 4.79 Å². The molecule has 124 valence electrons. The molecule has 0 unspecified atom stereocenters. The van der Waals surface area contributed by atoms with Crippen LogP contribution >= 0.6 is 0 Å². The number of benzene rings is 1. The van der Waals surface area contributed by atoms with Crippen molar-refractivity contribution in [2.24, 2.45) is 17.6 Å². The Labute approximate surface area is 130 Å². The van der Waals surface area contributed by atoms with Crippen LogP contribution in [0.4, 0.5) is 0 Å². The zero-order valence-electron chi connectivity index (χ0n) is 13.0. The van der Waals surface area contributed by atoms with Crippen LogP contribution < -0.4 is 5.73 Å². The van der Waals surface area contributed by atoms with E-state index in [-0.39, 0.29) is 12.3 Å². The predicted octanol–water partition coefficient (Wildman–Crippen LogP) is 1.89. The standard InChI is InChI=1S/C8H17NO2.C8H8O3/c1-6(2)3-7(5-9)4-8(10)11;9-7(8(10)11)6-4-2-1-3-5-6/h6-7H,3-5,9H2,1-2H3,(H,10,11);1-5,7,9H,(H,10,11)/t2*7-/m11/s1. The van der Waals surface area contributed by atoms with E-state index in [2.05, 4.69) is 13.8 Å². The van der Waals surface area contributed by atoms with Crippen molar-refractivity contribution >= 4 is 11.9 Å². The third-order valence-electron chi connectivity index (χ3n) is 2.95. The Morgan fingerprint density at radius 2 is 1.68 bits per heavy atom. The second-order valence-electron chi connectivity index (χ2n) is 5.48. The quantitative estimate of drug-likeness (QED) is 0.610. The van der Waals surface area contributed by atoms with E-state index in [1.54, 1.807) is 30.3 Å². The molecule has 2 atom stereocenters. The molecule has 6 nitrogen and oxygen atoms in total. The maximum absolute atomic E-state index is 10.3. The van der Waals surface area contributed by atoms with Gasteiger partial charge < -0.3 is 21.1 Å².